The van der Waals surface area contributed by atoms with E-state index in [1.165, 1.54) is 11.8 Å². The molecule has 2 rings (SSSR count). The molecule has 0 radical (unpaired) electrons. The highest BCUT2D eigenvalue weighted by Crippen LogP contribution is 2.19. The average molecular weight is 274 g/mol. The molecule has 106 valence electrons. The van der Waals surface area contributed by atoms with E-state index in [1.54, 1.807) is 7.05 Å². The third-order valence-corrected chi connectivity index (χ3v) is 3.21. The first kappa shape index (κ1) is 14.2. The Morgan fingerprint density at radius 3 is 2.70 bits per heavy atom. The number of nitrogens with zero attached hydrogens (tertiary/aromatic N) is 2. The molecule has 0 spiro atoms. The lowest BCUT2D eigenvalue weighted by Crippen LogP contribution is -2.10. The van der Waals surface area contributed by atoms with Gasteiger partial charge in [-0.25, -0.2) is 9.37 Å². The first-order valence-corrected chi connectivity index (χ1v) is 6.70. The average Bonchev–Trinajstić information content (AvgIpc) is 2.50. The van der Waals surface area contributed by atoms with Crippen LogP contribution >= 0.6 is 0 Å². The van der Waals surface area contributed by atoms with E-state index in [4.69, 9.17) is 0 Å². The van der Waals surface area contributed by atoms with Crippen LogP contribution in [-0.4, -0.2) is 23.6 Å². The van der Waals surface area contributed by atoms with Crippen LogP contribution in [0.3, 0.4) is 0 Å². The Hall–Kier alpha value is -2.17. The second-order valence-electron chi connectivity index (χ2n) is 4.67. The van der Waals surface area contributed by atoms with Crippen molar-refractivity contribution in [3.63, 3.8) is 0 Å². The highest BCUT2D eigenvalue weighted by Gasteiger charge is 2.08. The SMILES string of the molecule is CNc1ncc(F)c(NCCC(C)c2ccccc2)n1. The van der Waals surface area contributed by atoms with Gasteiger partial charge in [0.05, 0.1) is 6.20 Å². The van der Waals surface area contributed by atoms with Gasteiger partial charge < -0.3 is 10.6 Å². The van der Waals surface area contributed by atoms with Gasteiger partial charge in [0.2, 0.25) is 5.95 Å². The highest BCUT2D eigenvalue weighted by molar-refractivity contribution is 5.40. The zero-order valence-corrected chi connectivity index (χ0v) is 11.7. The maximum atomic E-state index is 13.5. The van der Waals surface area contributed by atoms with Crippen molar-refractivity contribution < 1.29 is 4.39 Å². The first-order chi connectivity index (χ1) is 9.70. The zero-order valence-electron chi connectivity index (χ0n) is 11.7. The number of hydrogen-bond acceptors (Lipinski definition) is 4. The molecular weight excluding hydrogens is 255 g/mol. The Morgan fingerprint density at radius 2 is 2.00 bits per heavy atom. The summed E-state index contributed by atoms with van der Waals surface area (Å²) < 4.78 is 13.5. The topological polar surface area (TPSA) is 49.8 Å². The van der Waals surface area contributed by atoms with Crippen molar-refractivity contribution in [1.29, 1.82) is 0 Å². The van der Waals surface area contributed by atoms with Crippen molar-refractivity contribution in [2.24, 2.45) is 0 Å². The largest absolute Gasteiger partial charge is 0.367 e. The number of nitrogens with one attached hydrogen (secondary N) is 2. The van der Waals surface area contributed by atoms with E-state index in [1.807, 2.05) is 18.2 Å². The van der Waals surface area contributed by atoms with Crippen molar-refractivity contribution in [2.75, 3.05) is 24.2 Å². The Morgan fingerprint density at radius 1 is 1.25 bits per heavy atom. The van der Waals surface area contributed by atoms with Crippen molar-refractivity contribution in [3.8, 4) is 0 Å². The van der Waals surface area contributed by atoms with E-state index in [9.17, 15) is 4.39 Å². The van der Waals surface area contributed by atoms with Crippen LogP contribution in [-0.2, 0) is 0 Å². The molecular formula is C15H19FN4. The molecule has 0 amide bonds. The second kappa shape index (κ2) is 6.84. The molecule has 0 saturated carbocycles. The molecule has 2 aromatic rings. The minimum Gasteiger partial charge on any atom is -0.367 e. The molecule has 0 saturated heterocycles. The lowest BCUT2D eigenvalue weighted by atomic mass is 9.98. The van der Waals surface area contributed by atoms with Crippen molar-refractivity contribution in [1.82, 2.24) is 9.97 Å². The van der Waals surface area contributed by atoms with Gasteiger partial charge in [-0.2, -0.15) is 4.98 Å². The van der Waals surface area contributed by atoms with Crippen LogP contribution in [0, 0.1) is 5.82 Å². The molecule has 1 aromatic carbocycles. The maximum Gasteiger partial charge on any atom is 0.224 e. The molecule has 4 nitrogen and oxygen atoms in total. The Kier molecular flexibility index (Phi) is 4.87. The molecule has 20 heavy (non-hydrogen) atoms. The van der Waals surface area contributed by atoms with Crippen molar-refractivity contribution >= 4 is 11.8 Å². The fourth-order valence-corrected chi connectivity index (χ4v) is 1.97. The highest BCUT2D eigenvalue weighted by atomic mass is 19.1. The second-order valence-corrected chi connectivity index (χ2v) is 4.67. The summed E-state index contributed by atoms with van der Waals surface area (Å²) in [5.74, 6) is 0.628. The summed E-state index contributed by atoms with van der Waals surface area (Å²) in [7, 11) is 1.70. The smallest absolute Gasteiger partial charge is 0.224 e. The van der Waals surface area contributed by atoms with E-state index in [2.05, 4.69) is 39.7 Å². The van der Waals surface area contributed by atoms with Gasteiger partial charge in [-0.15, -0.1) is 0 Å². The molecule has 2 N–H and O–H groups in total. The minimum absolute atomic E-state index is 0.240. The van der Waals surface area contributed by atoms with Gasteiger partial charge in [0, 0.05) is 13.6 Å². The van der Waals surface area contributed by atoms with Gasteiger partial charge in [0.25, 0.3) is 0 Å². The molecule has 0 aliphatic heterocycles. The van der Waals surface area contributed by atoms with E-state index in [-0.39, 0.29) is 5.82 Å². The molecule has 1 aromatic heterocycles. The van der Waals surface area contributed by atoms with Gasteiger partial charge in [-0.1, -0.05) is 37.3 Å². The van der Waals surface area contributed by atoms with Gasteiger partial charge >= 0.3 is 0 Å². The molecule has 0 aliphatic rings. The fraction of sp³-hybridized carbons (Fsp3) is 0.333. The van der Waals surface area contributed by atoms with Gasteiger partial charge in [-0.3, -0.25) is 0 Å². The fourth-order valence-electron chi connectivity index (χ4n) is 1.97. The normalized spacial score (nSPS) is 11.9. The third-order valence-electron chi connectivity index (χ3n) is 3.21. The van der Waals surface area contributed by atoms with E-state index >= 15 is 0 Å². The lowest BCUT2D eigenvalue weighted by Gasteiger charge is -2.13. The number of benzene rings is 1. The summed E-state index contributed by atoms with van der Waals surface area (Å²) in [5.41, 5.74) is 1.29. The molecule has 1 atom stereocenters. The van der Waals surface area contributed by atoms with Gasteiger partial charge in [0.1, 0.15) is 0 Å². The summed E-state index contributed by atoms with van der Waals surface area (Å²) >= 11 is 0. The van der Waals surface area contributed by atoms with E-state index in [0.29, 0.717) is 18.4 Å². The third kappa shape index (κ3) is 3.66. The van der Waals surface area contributed by atoms with Crippen LogP contribution in [0.5, 0.6) is 0 Å². The molecule has 0 fully saturated rings. The number of aromatic nitrogens is 2. The summed E-state index contributed by atoms with van der Waals surface area (Å²) in [6.45, 7) is 2.82. The summed E-state index contributed by atoms with van der Waals surface area (Å²) in [5, 5.41) is 5.81. The zero-order chi connectivity index (χ0) is 14.4. The number of hydrogen-bond donors (Lipinski definition) is 2. The molecule has 1 unspecified atom stereocenters. The standard InChI is InChI=1S/C15H19FN4/c1-11(12-6-4-3-5-7-12)8-9-18-14-13(16)10-19-15(17-2)20-14/h3-7,10-11H,8-9H2,1-2H3,(H2,17,18,19,20). The Bertz CT molecular complexity index is 545. The molecule has 0 aliphatic carbocycles. The van der Waals surface area contributed by atoms with Crippen LogP contribution in [0.15, 0.2) is 36.5 Å². The van der Waals surface area contributed by atoms with Crippen molar-refractivity contribution in [3.05, 3.63) is 47.9 Å². The van der Waals surface area contributed by atoms with Crippen molar-refractivity contribution in [2.45, 2.75) is 19.3 Å². The molecule has 0 bridgehead atoms. The van der Waals surface area contributed by atoms with Gasteiger partial charge in [0.15, 0.2) is 11.6 Å². The lowest BCUT2D eigenvalue weighted by molar-refractivity contribution is 0.614. The quantitative estimate of drug-likeness (QED) is 0.849. The maximum absolute atomic E-state index is 13.5. The minimum atomic E-state index is -0.434. The van der Waals surface area contributed by atoms with Gasteiger partial charge in [-0.05, 0) is 17.9 Å². The monoisotopic (exact) mass is 274 g/mol. The van der Waals surface area contributed by atoms with Crippen LogP contribution in [0.4, 0.5) is 16.2 Å². The summed E-state index contributed by atoms with van der Waals surface area (Å²) in [6.07, 6.45) is 2.07. The predicted octanol–water partition coefficient (Wildman–Crippen LogP) is 3.26. The number of halogens is 1. The first-order valence-electron chi connectivity index (χ1n) is 6.70. The predicted molar refractivity (Wildman–Crippen MR) is 79.5 cm³/mol. The van der Waals surface area contributed by atoms with Crippen LogP contribution in [0.25, 0.3) is 0 Å². The van der Waals surface area contributed by atoms with E-state index in [0.717, 1.165) is 6.42 Å². The van der Waals surface area contributed by atoms with Crippen LogP contribution < -0.4 is 10.6 Å². The molecule has 1 heterocycles. The molecule has 5 heteroatoms. The summed E-state index contributed by atoms with van der Waals surface area (Å²) in [6, 6.07) is 10.3. The summed E-state index contributed by atoms with van der Waals surface area (Å²) in [4.78, 5) is 7.86. The number of anilines is 2. The Balaban J connectivity index is 1.90. The van der Waals surface area contributed by atoms with Crippen LogP contribution in [0.2, 0.25) is 0 Å². The van der Waals surface area contributed by atoms with Crippen LogP contribution in [0.1, 0.15) is 24.8 Å². The Labute approximate surface area is 118 Å². The van der Waals surface area contributed by atoms with E-state index < -0.39 is 5.82 Å². The number of rotatable bonds is 6.